The molecule has 0 bridgehead atoms. The highest BCUT2D eigenvalue weighted by atomic mass is 79.9. The minimum Gasteiger partial charge on any atom is -0.479 e. The summed E-state index contributed by atoms with van der Waals surface area (Å²) in [6.45, 7) is 4.99. The van der Waals surface area contributed by atoms with Gasteiger partial charge in [-0.2, -0.15) is 5.26 Å². The topological polar surface area (TPSA) is 45.0 Å². The molecule has 0 atom stereocenters. The number of halogens is 1. The summed E-state index contributed by atoms with van der Waals surface area (Å²) in [5.41, 5.74) is 4.73. The van der Waals surface area contributed by atoms with Crippen molar-refractivity contribution < 1.29 is 4.74 Å². The maximum absolute atomic E-state index is 8.47. The zero-order valence-corrected chi connectivity index (χ0v) is 13.7. The Morgan fingerprint density at radius 2 is 1.90 bits per heavy atom. The van der Waals surface area contributed by atoms with Crippen molar-refractivity contribution in [3.05, 3.63) is 57.6 Å². The number of nitrogens with zero attached hydrogens (tertiary/aromatic N) is 1. The Labute approximate surface area is 133 Å². The Bertz CT molecular complexity index is 636. The van der Waals surface area contributed by atoms with Gasteiger partial charge in [-0.05, 0) is 64.7 Å². The van der Waals surface area contributed by atoms with Crippen LogP contribution in [0.25, 0.3) is 0 Å². The minimum atomic E-state index is 0.0765. The van der Waals surface area contributed by atoms with Gasteiger partial charge in [-0.25, -0.2) is 0 Å². The van der Waals surface area contributed by atoms with Crippen molar-refractivity contribution in [3.63, 3.8) is 0 Å². The molecule has 0 aliphatic heterocycles. The maximum Gasteiger partial charge on any atom is 0.174 e. The van der Waals surface area contributed by atoms with E-state index in [1.54, 1.807) is 0 Å². The second kappa shape index (κ2) is 7.14. The summed E-state index contributed by atoms with van der Waals surface area (Å²) in [4.78, 5) is 0. The van der Waals surface area contributed by atoms with Crippen LogP contribution in [-0.2, 0) is 6.54 Å². The van der Waals surface area contributed by atoms with Gasteiger partial charge >= 0.3 is 0 Å². The van der Waals surface area contributed by atoms with E-state index in [-0.39, 0.29) is 6.61 Å². The van der Waals surface area contributed by atoms with Crippen LogP contribution < -0.4 is 10.1 Å². The first-order chi connectivity index (χ1) is 10.1. The average molecular weight is 345 g/mol. The average Bonchev–Trinajstić information content (AvgIpc) is 2.45. The van der Waals surface area contributed by atoms with E-state index in [4.69, 9.17) is 10.00 Å². The summed E-state index contributed by atoms with van der Waals surface area (Å²) in [5.74, 6) is 0.716. The summed E-state index contributed by atoms with van der Waals surface area (Å²) < 4.78 is 6.31. The molecule has 2 aromatic carbocycles. The van der Waals surface area contributed by atoms with Crippen molar-refractivity contribution in [2.45, 2.75) is 20.4 Å². The van der Waals surface area contributed by atoms with Gasteiger partial charge in [0.15, 0.2) is 6.61 Å². The van der Waals surface area contributed by atoms with Crippen LogP contribution >= 0.6 is 15.9 Å². The number of anilines is 1. The molecule has 1 N–H and O–H groups in total. The Kier molecular flexibility index (Phi) is 5.24. The summed E-state index contributed by atoms with van der Waals surface area (Å²) in [6.07, 6.45) is 0. The van der Waals surface area contributed by atoms with Crippen LogP contribution in [-0.4, -0.2) is 6.61 Å². The van der Waals surface area contributed by atoms with Crippen LogP contribution in [0.5, 0.6) is 5.75 Å². The van der Waals surface area contributed by atoms with Gasteiger partial charge in [0.1, 0.15) is 11.8 Å². The van der Waals surface area contributed by atoms with Crippen LogP contribution in [0.1, 0.15) is 16.7 Å². The standard InChI is InChI=1S/C17H17BrN2O/c1-12-9-13(2)17(16(18)10-12)20-11-14-3-5-15(6-4-14)21-8-7-19/h3-6,9-10,20H,8,11H2,1-2H3. The first-order valence-electron chi connectivity index (χ1n) is 6.69. The molecule has 0 aromatic heterocycles. The number of nitriles is 1. The van der Waals surface area contributed by atoms with E-state index in [2.05, 4.69) is 47.2 Å². The molecule has 0 fully saturated rings. The van der Waals surface area contributed by atoms with Gasteiger partial charge in [-0.3, -0.25) is 0 Å². The van der Waals surface area contributed by atoms with E-state index in [1.807, 2.05) is 30.3 Å². The third-order valence-corrected chi connectivity index (χ3v) is 3.75. The fourth-order valence-electron chi connectivity index (χ4n) is 2.15. The van der Waals surface area contributed by atoms with Crippen molar-refractivity contribution in [1.82, 2.24) is 0 Å². The van der Waals surface area contributed by atoms with Crippen LogP contribution in [0.4, 0.5) is 5.69 Å². The van der Waals surface area contributed by atoms with Gasteiger partial charge in [0.25, 0.3) is 0 Å². The van der Waals surface area contributed by atoms with Crippen LogP contribution in [0.15, 0.2) is 40.9 Å². The normalized spacial score (nSPS) is 10.0. The highest BCUT2D eigenvalue weighted by Crippen LogP contribution is 2.28. The SMILES string of the molecule is Cc1cc(C)c(NCc2ccc(OCC#N)cc2)c(Br)c1. The molecule has 0 amide bonds. The zero-order chi connectivity index (χ0) is 15.2. The Morgan fingerprint density at radius 3 is 2.52 bits per heavy atom. The molecule has 21 heavy (non-hydrogen) atoms. The van der Waals surface area contributed by atoms with Crippen LogP contribution in [0.2, 0.25) is 0 Å². The predicted octanol–water partition coefficient (Wildman–Crippen LogP) is 4.58. The predicted molar refractivity (Wildman–Crippen MR) is 88.5 cm³/mol. The first-order valence-corrected chi connectivity index (χ1v) is 7.49. The number of benzene rings is 2. The van der Waals surface area contributed by atoms with Crippen LogP contribution in [0, 0.1) is 25.2 Å². The number of ether oxygens (including phenoxy) is 1. The number of aryl methyl sites for hydroxylation is 2. The van der Waals surface area contributed by atoms with E-state index >= 15 is 0 Å². The molecule has 4 heteroatoms. The number of hydrogen-bond donors (Lipinski definition) is 1. The van der Waals surface area contributed by atoms with Gasteiger partial charge in [-0.1, -0.05) is 18.2 Å². The zero-order valence-electron chi connectivity index (χ0n) is 12.1. The second-order valence-electron chi connectivity index (χ2n) is 4.88. The molecule has 0 radical (unpaired) electrons. The summed E-state index contributed by atoms with van der Waals surface area (Å²) in [5, 5.41) is 11.9. The molecule has 2 rings (SSSR count). The van der Waals surface area contributed by atoms with E-state index < -0.39 is 0 Å². The van der Waals surface area contributed by atoms with E-state index in [9.17, 15) is 0 Å². The Balaban J connectivity index is 2.02. The van der Waals surface area contributed by atoms with Crippen molar-refractivity contribution in [2.75, 3.05) is 11.9 Å². The molecule has 0 heterocycles. The lowest BCUT2D eigenvalue weighted by Crippen LogP contribution is -2.02. The number of nitrogens with one attached hydrogen (secondary N) is 1. The van der Waals surface area contributed by atoms with Crippen molar-refractivity contribution in [2.24, 2.45) is 0 Å². The molecule has 2 aromatic rings. The van der Waals surface area contributed by atoms with E-state index in [0.29, 0.717) is 5.75 Å². The first kappa shape index (κ1) is 15.4. The molecule has 108 valence electrons. The van der Waals surface area contributed by atoms with Crippen molar-refractivity contribution in [3.8, 4) is 11.8 Å². The molecule has 0 unspecified atom stereocenters. The minimum absolute atomic E-state index is 0.0765. The lowest BCUT2D eigenvalue weighted by atomic mass is 10.1. The van der Waals surface area contributed by atoms with Gasteiger partial charge in [0.05, 0.1) is 5.69 Å². The van der Waals surface area contributed by atoms with Gasteiger partial charge in [0.2, 0.25) is 0 Å². The lowest BCUT2D eigenvalue weighted by Gasteiger charge is -2.13. The molecule has 0 aliphatic carbocycles. The molecule has 0 saturated heterocycles. The Hall–Kier alpha value is -1.99. The third kappa shape index (κ3) is 4.24. The smallest absolute Gasteiger partial charge is 0.174 e. The Morgan fingerprint density at radius 1 is 1.19 bits per heavy atom. The van der Waals surface area contributed by atoms with Gasteiger partial charge in [0, 0.05) is 11.0 Å². The van der Waals surface area contributed by atoms with Gasteiger partial charge in [-0.15, -0.1) is 0 Å². The summed E-state index contributed by atoms with van der Waals surface area (Å²) in [6, 6.07) is 14.0. The highest BCUT2D eigenvalue weighted by molar-refractivity contribution is 9.10. The van der Waals surface area contributed by atoms with Crippen molar-refractivity contribution in [1.29, 1.82) is 5.26 Å². The molecule has 0 saturated carbocycles. The monoisotopic (exact) mass is 344 g/mol. The molecule has 3 nitrogen and oxygen atoms in total. The molecule has 0 aliphatic rings. The molecular weight excluding hydrogens is 328 g/mol. The number of rotatable bonds is 5. The van der Waals surface area contributed by atoms with E-state index in [0.717, 1.165) is 22.3 Å². The fraction of sp³-hybridized carbons (Fsp3) is 0.235. The molecule has 0 spiro atoms. The van der Waals surface area contributed by atoms with Gasteiger partial charge < -0.3 is 10.1 Å². The number of hydrogen-bond acceptors (Lipinski definition) is 3. The third-order valence-electron chi connectivity index (χ3n) is 3.13. The van der Waals surface area contributed by atoms with E-state index in [1.165, 1.54) is 11.1 Å². The maximum atomic E-state index is 8.47. The van der Waals surface area contributed by atoms with Crippen LogP contribution in [0.3, 0.4) is 0 Å². The highest BCUT2D eigenvalue weighted by Gasteiger charge is 2.04. The summed E-state index contributed by atoms with van der Waals surface area (Å²) in [7, 11) is 0. The largest absolute Gasteiger partial charge is 0.479 e. The fourth-order valence-corrected chi connectivity index (χ4v) is 2.96. The summed E-state index contributed by atoms with van der Waals surface area (Å²) >= 11 is 3.60. The second-order valence-corrected chi connectivity index (χ2v) is 5.74. The quantitative estimate of drug-likeness (QED) is 0.863. The molecular formula is C17H17BrN2O. The lowest BCUT2D eigenvalue weighted by molar-refractivity contribution is 0.368. The van der Waals surface area contributed by atoms with Crippen molar-refractivity contribution >= 4 is 21.6 Å².